The molecule has 1 aromatic carbocycles. The van der Waals surface area contributed by atoms with Gasteiger partial charge in [-0.05, 0) is 37.6 Å². The summed E-state index contributed by atoms with van der Waals surface area (Å²) < 4.78 is 18.9. The third-order valence-electron chi connectivity index (χ3n) is 2.85. The number of nitrogen functional groups attached to an aromatic ring is 1. The average molecular weight is 261 g/mol. The number of nitrogens with zero attached hydrogens (tertiary/aromatic N) is 2. The fourth-order valence-corrected chi connectivity index (χ4v) is 1.61. The molecule has 0 saturated heterocycles. The third kappa shape index (κ3) is 2.81. The van der Waals surface area contributed by atoms with E-state index in [1.54, 1.807) is 26.0 Å². The summed E-state index contributed by atoms with van der Waals surface area (Å²) in [4.78, 5) is 8.44. The number of anilines is 1. The van der Waals surface area contributed by atoms with Crippen molar-refractivity contribution in [1.29, 1.82) is 0 Å². The highest BCUT2D eigenvalue weighted by Gasteiger charge is 2.10. The molecule has 0 saturated carbocycles. The molecule has 0 unspecified atom stereocenters. The van der Waals surface area contributed by atoms with E-state index in [1.165, 1.54) is 6.07 Å². The maximum atomic E-state index is 13.2. The molecule has 19 heavy (non-hydrogen) atoms. The minimum atomic E-state index is -0.263. The molecule has 2 aromatic rings. The van der Waals surface area contributed by atoms with Crippen LogP contribution in [0.2, 0.25) is 0 Å². The number of aromatic nitrogens is 2. The molecule has 2 rings (SSSR count). The zero-order valence-corrected chi connectivity index (χ0v) is 11.2. The number of ether oxygens (including phenoxy) is 1. The number of hydrogen-bond donors (Lipinski definition) is 1. The molecule has 5 heteroatoms. The minimum absolute atomic E-state index is 0.263. The third-order valence-corrected chi connectivity index (χ3v) is 2.85. The Morgan fingerprint density at radius 3 is 2.63 bits per heavy atom. The molecule has 100 valence electrons. The van der Waals surface area contributed by atoms with Gasteiger partial charge in [0.05, 0.1) is 5.56 Å². The van der Waals surface area contributed by atoms with E-state index < -0.39 is 0 Å². The Kier molecular flexibility index (Phi) is 3.64. The van der Waals surface area contributed by atoms with Crippen LogP contribution in [-0.2, 0) is 6.42 Å². The molecule has 0 spiro atoms. The molecule has 0 bridgehead atoms. The summed E-state index contributed by atoms with van der Waals surface area (Å²) in [5.74, 6) is 1.70. The fraction of sp³-hybridized carbons (Fsp3) is 0.286. The van der Waals surface area contributed by atoms with E-state index in [-0.39, 0.29) is 5.82 Å². The van der Waals surface area contributed by atoms with Crippen molar-refractivity contribution in [3.8, 4) is 11.6 Å². The topological polar surface area (TPSA) is 61.0 Å². The van der Waals surface area contributed by atoms with Crippen LogP contribution in [0, 0.1) is 19.7 Å². The first-order valence-corrected chi connectivity index (χ1v) is 6.08. The van der Waals surface area contributed by atoms with E-state index in [1.807, 2.05) is 6.92 Å². The van der Waals surface area contributed by atoms with Gasteiger partial charge >= 0.3 is 0 Å². The van der Waals surface area contributed by atoms with Crippen LogP contribution in [0.5, 0.6) is 11.6 Å². The first kappa shape index (κ1) is 13.3. The zero-order valence-electron chi connectivity index (χ0n) is 11.2. The molecule has 0 aliphatic carbocycles. The Hall–Kier alpha value is -2.17. The molecule has 0 aliphatic rings. The summed E-state index contributed by atoms with van der Waals surface area (Å²) in [5, 5.41) is 0. The van der Waals surface area contributed by atoms with E-state index >= 15 is 0 Å². The second-order valence-corrected chi connectivity index (χ2v) is 4.32. The lowest BCUT2D eigenvalue weighted by Crippen LogP contribution is -2.04. The molecule has 0 fully saturated rings. The van der Waals surface area contributed by atoms with Gasteiger partial charge in [-0.2, -0.15) is 4.98 Å². The van der Waals surface area contributed by atoms with Gasteiger partial charge in [-0.25, -0.2) is 9.37 Å². The molecule has 2 N–H and O–H groups in total. The summed E-state index contributed by atoms with van der Waals surface area (Å²) in [5.41, 5.74) is 7.01. The molecule has 1 aromatic heterocycles. The first-order valence-electron chi connectivity index (χ1n) is 6.08. The number of benzene rings is 1. The Morgan fingerprint density at radius 1 is 1.26 bits per heavy atom. The molecular weight excluding hydrogens is 245 g/mol. The van der Waals surface area contributed by atoms with Crippen LogP contribution in [0.1, 0.15) is 23.9 Å². The van der Waals surface area contributed by atoms with Crippen molar-refractivity contribution in [3.05, 3.63) is 41.0 Å². The van der Waals surface area contributed by atoms with Crippen LogP contribution in [0.15, 0.2) is 18.2 Å². The molecular formula is C14H16FN3O. The second-order valence-electron chi connectivity index (χ2n) is 4.32. The van der Waals surface area contributed by atoms with Crippen molar-refractivity contribution in [2.75, 3.05) is 5.73 Å². The lowest BCUT2D eigenvalue weighted by Gasteiger charge is -2.11. The van der Waals surface area contributed by atoms with Crippen molar-refractivity contribution in [2.45, 2.75) is 27.2 Å². The number of nitrogens with two attached hydrogens (primary N) is 1. The van der Waals surface area contributed by atoms with Gasteiger partial charge in [-0.1, -0.05) is 6.92 Å². The smallest absolute Gasteiger partial charge is 0.227 e. The lowest BCUT2D eigenvalue weighted by molar-refractivity contribution is 0.453. The Balaban J connectivity index is 2.37. The molecule has 0 amide bonds. The highest BCUT2D eigenvalue weighted by Crippen LogP contribution is 2.27. The average Bonchev–Trinajstić information content (AvgIpc) is 2.39. The van der Waals surface area contributed by atoms with Gasteiger partial charge in [0.15, 0.2) is 0 Å². The molecule has 1 heterocycles. The van der Waals surface area contributed by atoms with Crippen LogP contribution in [0.3, 0.4) is 0 Å². The van der Waals surface area contributed by atoms with Gasteiger partial charge in [-0.15, -0.1) is 0 Å². The quantitative estimate of drug-likeness (QED) is 0.921. The summed E-state index contributed by atoms with van der Waals surface area (Å²) in [6.07, 6.45) is 0.670. The normalized spacial score (nSPS) is 10.5. The maximum absolute atomic E-state index is 13.2. The van der Waals surface area contributed by atoms with E-state index in [4.69, 9.17) is 10.5 Å². The summed E-state index contributed by atoms with van der Waals surface area (Å²) in [6, 6.07) is 4.55. The number of hydrogen-bond acceptors (Lipinski definition) is 4. The lowest BCUT2D eigenvalue weighted by atomic mass is 10.2. The standard InChI is InChI=1S/C14H16FN3O/c1-4-12-17-13(16)9(3)14(18-12)19-10-5-6-11(15)8(2)7-10/h5-7H,4H2,1-3H3,(H2,16,17,18). The number of rotatable bonds is 3. The monoisotopic (exact) mass is 261 g/mol. The summed E-state index contributed by atoms with van der Waals surface area (Å²) in [7, 11) is 0. The number of aryl methyl sites for hydroxylation is 2. The van der Waals surface area contributed by atoms with Gasteiger partial charge in [0.1, 0.15) is 23.2 Å². The van der Waals surface area contributed by atoms with E-state index in [0.717, 1.165) is 0 Å². The molecule has 4 nitrogen and oxygen atoms in total. The van der Waals surface area contributed by atoms with E-state index in [2.05, 4.69) is 9.97 Å². The van der Waals surface area contributed by atoms with Gasteiger partial charge in [0, 0.05) is 6.42 Å². The van der Waals surface area contributed by atoms with Crippen molar-refractivity contribution in [1.82, 2.24) is 9.97 Å². The van der Waals surface area contributed by atoms with Gasteiger partial charge in [-0.3, -0.25) is 0 Å². The predicted octanol–water partition coefficient (Wildman–Crippen LogP) is 3.17. The second kappa shape index (κ2) is 5.22. The molecule has 0 radical (unpaired) electrons. The van der Waals surface area contributed by atoms with Gasteiger partial charge in [0.25, 0.3) is 0 Å². The SMILES string of the molecule is CCc1nc(N)c(C)c(Oc2ccc(F)c(C)c2)n1. The zero-order chi connectivity index (χ0) is 14.0. The van der Waals surface area contributed by atoms with Gasteiger partial charge in [0.2, 0.25) is 5.88 Å². The van der Waals surface area contributed by atoms with Crippen molar-refractivity contribution >= 4 is 5.82 Å². The first-order chi connectivity index (χ1) is 9.01. The summed E-state index contributed by atoms with van der Waals surface area (Å²) >= 11 is 0. The highest BCUT2D eigenvalue weighted by atomic mass is 19.1. The van der Waals surface area contributed by atoms with Crippen LogP contribution in [0.25, 0.3) is 0 Å². The van der Waals surface area contributed by atoms with Crippen LogP contribution in [0.4, 0.5) is 10.2 Å². The van der Waals surface area contributed by atoms with Crippen molar-refractivity contribution in [2.24, 2.45) is 0 Å². The van der Waals surface area contributed by atoms with E-state index in [0.29, 0.717) is 40.8 Å². The fourth-order valence-electron chi connectivity index (χ4n) is 1.61. The molecule has 0 aliphatic heterocycles. The van der Waals surface area contributed by atoms with Gasteiger partial charge < -0.3 is 10.5 Å². The Labute approximate surface area is 111 Å². The van der Waals surface area contributed by atoms with Crippen LogP contribution in [-0.4, -0.2) is 9.97 Å². The number of halogens is 1. The van der Waals surface area contributed by atoms with E-state index in [9.17, 15) is 4.39 Å². The highest BCUT2D eigenvalue weighted by molar-refractivity contribution is 5.46. The Bertz CT molecular complexity index is 614. The van der Waals surface area contributed by atoms with Crippen molar-refractivity contribution < 1.29 is 9.13 Å². The largest absolute Gasteiger partial charge is 0.439 e. The van der Waals surface area contributed by atoms with Crippen molar-refractivity contribution in [3.63, 3.8) is 0 Å². The Morgan fingerprint density at radius 2 is 2.00 bits per heavy atom. The van der Waals surface area contributed by atoms with Crippen LogP contribution < -0.4 is 10.5 Å². The van der Waals surface area contributed by atoms with Crippen LogP contribution >= 0.6 is 0 Å². The molecule has 0 atom stereocenters. The summed E-state index contributed by atoms with van der Waals surface area (Å²) in [6.45, 7) is 5.41. The maximum Gasteiger partial charge on any atom is 0.227 e. The minimum Gasteiger partial charge on any atom is -0.439 e. The predicted molar refractivity (Wildman–Crippen MR) is 71.8 cm³/mol.